The Labute approximate surface area is 144 Å². The van der Waals surface area contributed by atoms with E-state index < -0.39 is 33.9 Å². The van der Waals surface area contributed by atoms with Crippen molar-refractivity contribution in [3.63, 3.8) is 0 Å². The fourth-order valence-electron chi connectivity index (χ4n) is 2.44. The number of fused-ring (bicyclic) bond motifs is 1. The van der Waals surface area contributed by atoms with Crippen LogP contribution in [0.15, 0.2) is 23.4 Å². The number of rotatable bonds is 4. The SMILES string of the molecule is [CH3][Sn]([CH3])([CH3])[c]1ncn2c(Cl)cc(S(=O)(=O)NC3(C#N)CC3)cc12. The first kappa shape index (κ1) is 17.0. The number of nitriles is 1. The zero-order valence-electron chi connectivity index (χ0n) is 13.1. The molecule has 0 radical (unpaired) electrons. The van der Waals surface area contributed by atoms with Gasteiger partial charge in [0.2, 0.25) is 0 Å². The average molecular weight is 460 g/mol. The van der Waals surface area contributed by atoms with Crippen LogP contribution in [0.3, 0.4) is 0 Å². The van der Waals surface area contributed by atoms with Crippen LogP contribution in [0.25, 0.3) is 5.52 Å². The summed E-state index contributed by atoms with van der Waals surface area (Å²) in [4.78, 5) is 11.2. The average Bonchev–Trinajstić information content (AvgIpc) is 3.04. The molecule has 3 rings (SSSR count). The predicted octanol–water partition coefficient (Wildman–Crippen LogP) is 1.87. The molecule has 0 amide bonds. The van der Waals surface area contributed by atoms with Gasteiger partial charge in [0.1, 0.15) is 0 Å². The summed E-state index contributed by atoms with van der Waals surface area (Å²) < 4.78 is 30.4. The standard InChI is InChI=1S/C11H8ClN4O2S.3CH3.Sn/c12-10-4-9(3-8-5-14-7-16(8)10)19(17,18)15-11(6-13)1-2-11;;;;/h3-4,7,15H,1-2H2;3*1H3;. The zero-order chi connectivity index (χ0) is 17.0. The number of pyridine rings is 1. The number of nitrogens with zero attached hydrogens (tertiary/aromatic N) is 3. The Morgan fingerprint density at radius 2 is 2.04 bits per heavy atom. The minimum absolute atomic E-state index is 0.0776. The van der Waals surface area contributed by atoms with E-state index in [1.807, 2.05) is 6.07 Å². The summed E-state index contributed by atoms with van der Waals surface area (Å²) in [7, 11) is -3.80. The predicted molar refractivity (Wildman–Crippen MR) is 91.1 cm³/mol. The molecule has 2 aromatic rings. The summed E-state index contributed by atoms with van der Waals surface area (Å²) >= 11 is 3.72. The van der Waals surface area contributed by atoms with Crippen LogP contribution in [0.2, 0.25) is 20.0 Å². The Balaban J connectivity index is 2.14. The zero-order valence-corrected chi connectivity index (χ0v) is 17.5. The van der Waals surface area contributed by atoms with Crippen LogP contribution in [-0.2, 0) is 10.0 Å². The van der Waals surface area contributed by atoms with E-state index in [1.54, 1.807) is 16.8 Å². The van der Waals surface area contributed by atoms with Crippen LogP contribution in [-0.4, -0.2) is 41.7 Å². The molecule has 1 saturated carbocycles. The van der Waals surface area contributed by atoms with Crippen molar-refractivity contribution in [1.82, 2.24) is 14.1 Å². The Morgan fingerprint density at radius 3 is 2.57 bits per heavy atom. The molecule has 0 unspecified atom stereocenters. The summed E-state index contributed by atoms with van der Waals surface area (Å²) in [6.45, 7) is 0. The summed E-state index contributed by atoms with van der Waals surface area (Å²) in [5, 5.41) is 9.39. The van der Waals surface area contributed by atoms with Crippen LogP contribution in [0, 0.1) is 11.3 Å². The van der Waals surface area contributed by atoms with Crippen LogP contribution in [0.5, 0.6) is 0 Å². The molecule has 1 aliphatic carbocycles. The van der Waals surface area contributed by atoms with E-state index in [1.165, 1.54) is 6.07 Å². The molecule has 2 heterocycles. The molecule has 0 atom stereocenters. The fraction of sp³-hybridized carbons (Fsp3) is 0.429. The van der Waals surface area contributed by atoms with Crippen molar-refractivity contribution in [2.75, 3.05) is 0 Å². The number of sulfonamides is 1. The van der Waals surface area contributed by atoms with Gasteiger partial charge in [-0.2, -0.15) is 0 Å². The van der Waals surface area contributed by atoms with E-state index in [4.69, 9.17) is 16.9 Å². The summed E-state index contributed by atoms with van der Waals surface area (Å²) in [5.74, 6) is 0. The molecule has 0 aromatic carbocycles. The third-order valence-corrected chi connectivity index (χ3v) is 10.9. The molecule has 23 heavy (non-hydrogen) atoms. The number of nitrogens with one attached hydrogen (secondary N) is 1. The molecule has 0 saturated heterocycles. The minimum atomic E-state index is -3.80. The van der Waals surface area contributed by atoms with Crippen LogP contribution in [0.4, 0.5) is 0 Å². The topological polar surface area (TPSA) is 87.3 Å². The van der Waals surface area contributed by atoms with E-state index in [-0.39, 0.29) is 4.90 Å². The third kappa shape index (κ3) is 3.09. The first-order valence-electron chi connectivity index (χ1n) is 7.20. The van der Waals surface area contributed by atoms with Crippen molar-refractivity contribution >= 4 is 49.2 Å². The maximum absolute atomic E-state index is 12.6. The van der Waals surface area contributed by atoms with E-state index in [0.29, 0.717) is 18.0 Å². The number of hydrogen-bond donors (Lipinski definition) is 1. The number of aromatic nitrogens is 2. The molecule has 6 nitrogen and oxygen atoms in total. The van der Waals surface area contributed by atoms with Crippen molar-refractivity contribution in [3.8, 4) is 6.07 Å². The van der Waals surface area contributed by atoms with Gasteiger partial charge in [-0.3, -0.25) is 0 Å². The maximum atomic E-state index is 12.6. The molecule has 1 aliphatic rings. The second kappa shape index (κ2) is 5.34. The molecule has 1 N–H and O–H groups in total. The molecule has 0 spiro atoms. The van der Waals surface area contributed by atoms with Gasteiger partial charge in [-0.05, 0) is 0 Å². The van der Waals surface area contributed by atoms with Crippen molar-refractivity contribution in [2.24, 2.45) is 0 Å². The molecule has 2 aromatic heterocycles. The van der Waals surface area contributed by atoms with Crippen LogP contribution >= 0.6 is 11.6 Å². The Bertz CT molecular complexity index is 936. The van der Waals surface area contributed by atoms with E-state index >= 15 is 0 Å². The third-order valence-electron chi connectivity index (χ3n) is 3.89. The first-order valence-corrected chi connectivity index (χ1v) is 19.1. The molecule has 122 valence electrons. The van der Waals surface area contributed by atoms with E-state index in [2.05, 4.69) is 24.5 Å². The van der Waals surface area contributed by atoms with E-state index in [0.717, 1.165) is 9.23 Å². The first-order chi connectivity index (χ1) is 10.6. The Morgan fingerprint density at radius 1 is 1.39 bits per heavy atom. The second-order valence-corrected chi connectivity index (χ2v) is 23.2. The molecule has 1 fully saturated rings. The van der Waals surface area contributed by atoms with Gasteiger partial charge < -0.3 is 0 Å². The normalized spacial score (nSPS) is 17.2. The fourth-order valence-corrected chi connectivity index (χ4v) is 8.19. The van der Waals surface area contributed by atoms with Crippen molar-refractivity contribution < 1.29 is 8.42 Å². The van der Waals surface area contributed by atoms with Crippen molar-refractivity contribution in [3.05, 3.63) is 23.6 Å². The number of halogens is 1. The van der Waals surface area contributed by atoms with Gasteiger partial charge >= 0.3 is 145 Å². The quantitative estimate of drug-likeness (QED) is 0.559. The second-order valence-electron chi connectivity index (χ2n) is 6.91. The summed E-state index contributed by atoms with van der Waals surface area (Å²) in [5.41, 5.74) is -0.216. The van der Waals surface area contributed by atoms with Crippen molar-refractivity contribution in [2.45, 2.75) is 38.1 Å². The van der Waals surface area contributed by atoms with Gasteiger partial charge in [-0.25, -0.2) is 0 Å². The van der Waals surface area contributed by atoms with Gasteiger partial charge in [0.05, 0.1) is 0 Å². The van der Waals surface area contributed by atoms with Gasteiger partial charge in [0, 0.05) is 0 Å². The van der Waals surface area contributed by atoms with Crippen molar-refractivity contribution in [1.29, 1.82) is 5.26 Å². The van der Waals surface area contributed by atoms with E-state index in [9.17, 15) is 8.42 Å². The summed E-state index contributed by atoms with van der Waals surface area (Å²) in [6.07, 6.45) is 2.71. The van der Waals surface area contributed by atoms with Crippen LogP contribution in [0.1, 0.15) is 12.8 Å². The Kier molecular flexibility index (Phi) is 3.95. The summed E-state index contributed by atoms with van der Waals surface area (Å²) in [6, 6.07) is 5.03. The molecule has 0 bridgehead atoms. The molecule has 0 aliphatic heterocycles. The number of imidazole rings is 1. The van der Waals surface area contributed by atoms with Crippen LogP contribution < -0.4 is 8.43 Å². The van der Waals surface area contributed by atoms with Gasteiger partial charge in [-0.15, -0.1) is 0 Å². The van der Waals surface area contributed by atoms with Gasteiger partial charge in [0.25, 0.3) is 0 Å². The Hall–Kier alpha value is -0.821. The molecule has 9 heteroatoms. The molecular weight excluding hydrogens is 442 g/mol. The monoisotopic (exact) mass is 460 g/mol. The molecular formula is C14H17ClN4O2SSn. The number of hydrogen-bond acceptors (Lipinski definition) is 4. The van der Waals surface area contributed by atoms with Gasteiger partial charge in [-0.1, -0.05) is 0 Å². The van der Waals surface area contributed by atoms with Gasteiger partial charge in [0.15, 0.2) is 0 Å².